The Hall–Kier alpha value is -6.88. The normalized spacial score (nSPS) is 16.5. The maximum atomic E-state index is 12.8. The highest BCUT2D eigenvalue weighted by molar-refractivity contribution is 7.99. The Bertz CT molecular complexity index is 2780. The van der Waals surface area contributed by atoms with E-state index in [0.29, 0.717) is 23.0 Å². The predicted molar refractivity (Wildman–Crippen MR) is 265 cm³/mol. The molecule has 0 bridgehead atoms. The van der Waals surface area contributed by atoms with Crippen LogP contribution in [-0.2, 0) is 72.0 Å². The second-order valence-corrected chi connectivity index (χ2v) is 20.7. The molecule has 0 saturated carbocycles. The molecule has 2 saturated heterocycles. The van der Waals surface area contributed by atoms with Gasteiger partial charge in [0, 0.05) is 72.9 Å². The molecule has 2 fully saturated rings. The van der Waals surface area contributed by atoms with Crippen LogP contribution in [0.25, 0.3) is 0 Å². The molecule has 0 spiro atoms. The van der Waals surface area contributed by atoms with Crippen LogP contribution < -0.4 is 0 Å². The number of carbonyl (C=O) groups is 6. The van der Waals surface area contributed by atoms with Crippen LogP contribution in [0.15, 0.2) is 165 Å². The fourth-order valence-corrected chi connectivity index (χ4v) is 12.0. The number of nitrogens with zero attached hydrogens (tertiary/aromatic N) is 2. The maximum Gasteiger partial charge on any atom is 0.333 e. The number of amides is 4. The molecule has 15 heteroatoms. The lowest BCUT2D eigenvalue weighted by molar-refractivity contribution is -0.197. The van der Waals surface area contributed by atoms with E-state index < -0.39 is 52.2 Å². The molecule has 0 radical (unpaired) electrons. The molecule has 0 aliphatic carbocycles. The van der Waals surface area contributed by atoms with E-state index >= 15 is 0 Å². The van der Waals surface area contributed by atoms with E-state index in [1.165, 1.54) is 0 Å². The molecule has 4 amide bonds. The smallest absolute Gasteiger partial charge is 0.333 e. The topological polar surface area (TPSA) is 166 Å². The summed E-state index contributed by atoms with van der Waals surface area (Å²) in [6.07, 6.45) is 0.607. The van der Waals surface area contributed by atoms with Gasteiger partial charge in [-0.15, -0.1) is 10.1 Å². The van der Waals surface area contributed by atoms with Gasteiger partial charge in [0.15, 0.2) is 0 Å². The van der Waals surface area contributed by atoms with Crippen molar-refractivity contribution in [2.75, 3.05) is 19.8 Å². The van der Waals surface area contributed by atoms with E-state index in [4.69, 9.17) is 19.1 Å². The number of fused-ring (bicyclic) bond motifs is 4. The highest BCUT2D eigenvalue weighted by atomic mass is 32.2. The zero-order valence-electron chi connectivity index (χ0n) is 39.4. The van der Waals surface area contributed by atoms with Gasteiger partial charge in [-0.25, -0.2) is 9.59 Å². The van der Waals surface area contributed by atoms with Crippen LogP contribution in [0, 0.1) is 5.41 Å². The molecule has 366 valence electrons. The van der Waals surface area contributed by atoms with Crippen LogP contribution in [0.5, 0.6) is 0 Å². The van der Waals surface area contributed by atoms with Gasteiger partial charge in [-0.1, -0.05) is 152 Å². The van der Waals surface area contributed by atoms with Crippen LogP contribution in [0.1, 0.15) is 90.0 Å². The summed E-state index contributed by atoms with van der Waals surface area (Å²) in [4.78, 5) is 88.0. The highest BCUT2D eigenvalue weighted by Crippen LogP contribution is 2.55. The third-order valence-corrected chi connectivity index (χ3v) is 15.8. The number of hydrogen-bond acceptors (Lipinski definition) is 13. The molecule has 6 aromatic rings. The van der Waals surface area contributed by atoms with E-state index in [1.807, 2.05) is 104 Å². The van der Waals surface area contributed by atoms with Crippen LogP contribution >= 0.6 is 23.5 Å². The number of aryl methyl sites for hydroxylation is 2. The van der Waals surface area contributed by atoms with Gasteiger partial charge >= 0.3 is 11.9 Å². The molecule has 4 aliphatic rings. The zero-order valence-corrected chi connectivity index (χ0v) is 41.0. The average molecular weight is 1000 g/mol. The fourth-order valence-electron chi connectivity index (χ4n) is 9.63. The summed E-state index contributed by atoms with van der Waals surface area (Å²) < 4.78 is 14.9. The van der Waals surface area contributed by atoms with Crippen molar-refractivity contribution in [2.24, 2.45) is 5.41 Å². The van der Waals surface area contributed by atoms with Gasteiger partial charge in [-0.05, 0) is 59.4 Å². The first kappa shape index (κ1) is 48.7. The van der Waals surface area contributed by atoms with Gasteiger partial charge in [-0.3, -0.25) is 19.2 Å². The molecule has 0 aromatic heterocycles. The Morgan fingerprint density at radius 2 is 0.806 bits per heavy atom. The van der Waals surface area contributed by atoms with Crippen molar-refractivity contribution in [1.82, 2.24) is 10.1 Å². The van der Waals surface area contributed by atoms with Crippen LogP contribution in [0.2, 0.25) is 0 Å². The predicted octanol–water partition coefficient (Wildman–Crippen LogP) is 9.01. The van der Waals surface area contributed by atoms with Gasteiger partial charge < -0.3 is 24.3 Å². The van der Waals surface area contributed by atoms with Crippen LogP contribution in [0.3, 0.4) is 0 Å². The molecular formula is C57H50N2O11S2. The lowest BCUT2D eigenvalue weighted by Crippen LogP contribution is -2.44. The van der Waals surface area contributed by atoms with Crippen LogP contribution in [-0.4, -0.2) is 70.6 Å². The number of aliphatic hydroxyl groups excluding tert-OH is 1. The molecule has 0 unspecified atom stereocenters. The highest BCUT2D eigenvalue weighted by Gasteiger charge is 2.48. The summed E-state index contributed by atoms with van der Waals surface area (Å²) in [7, 11) is 0. The second-order valence-electron chi connectivity index (χ2n) is 18.6. The van der Waals surface area contributed by atoms with Gasteiger partial charge in [0.2, 0.25) is 0 Å². The van der Waals surface area contributed by atoms with Crippen molar-refractivity contribution < 1.29 is 53.0 Å². The molecule has 4 heterocycles. The number of hydrogen-bond donors (Lipinski definition) is 1. The Morgan fingerprint density at radius 1 is 0.500 bits per heavy atom. The molecule has 72 heavy (non-hydrogen) atoms. The van der Waals surface area contributed by atoms with E-state index in [9.17, 15) is 33.9 Å². The van der Waals surface area contributed by atoms with E-state index in [-0.39, 0.29) is 58.3 Å². The Kier molecular flexibility index (Phi) is 13.8. The van der Waals surface area contributed by atoms with Gasteiger partial charge in [0.1, 0.15) is 11.2 Å². The second kappa shape index (κ2) is 20.3. The Balaban J connectivity index is 0.951. The van der Waals surface area contributed by atoms with Crippen molar-refractivity contribution in [3.8, 4) is 0 Å². The molecule has 13 nitrogen and oxygen atoms in total. The third kappa shape index (κ3) is 9.27. The maximum absolute atomic E-state index is 12.8. The quantitative estimate of drug-likeness (QED) is 0.0862. The summed E-state index contributed by atoms with van der Waals surface area (Å²) in [6, 6.07) is 48.3. The fraction of sp³-hybridized carbons (Fsp3) is 0.263. The molecule has 10 rings (SSSR count). The lowest BCUT2D eigenvalue weighted by atomic mass is 9.78. The molecular weight excluding hydrogens is 953 g/mol. The summed E-state index contributed by atoms with van der Waals surface area (Å²) >= 11 is 3.32. The summed E-state index contributed by atoms with van der Waals surface area (Å²) in [5, 5.41) is 12.7. The Labute approximate surface area is 424 Å². The minimum atomic E-state index is -1.15. The summed E-state index contributed by atoms with van der Waals surface area (Å²) in [5.41, 5.74) is 3.78. The summed E-state index contributed by atoms with van der Waals surface area (Å²) in [6.45, 7) is 1.77. The molecule has 6 aromatic carbocycles. The number of carbonyl (C=O) groups excluding carboxylic acids is 6. The monoisotopic (exact) mass is 1000 g/mol. The molecule has 4 aliphatic heterocycles. The van der Waals surface area contributed by atoms with Gasteiger partial charge in [-0.2, -0.15) is 0 Å². The van der Waals surface area contributed by atoms with Crippen molar-refractivity contribution in [1.29, 1.82) is 0 Å². The van der Waals surface area contributed by atoms with E-state index in [1.54, 1.807) is 23.5 Å². The molecule has 0 atom stereocenters. The standard InChI is InChI=1S/C57H50N2O11S2/c1-55(34-60,35-67-56(41-10-2-6-14-45(41)71-46-15-7-3-11-42(46)56)39-24-18-37(19-25-39)22-32-53(65)69-58-49(61)28-29-50(58)62)36-68-57(43-12-4-8-16-47(43)72-48-17-9-5-13-44(48)57)40-26-20-38(21-27-40)23-33-54(66)70-59-51(63)30-31-52(59)64/h2-21,24-27,60H,22-23,28-36H2,1H3. The minimum Gasteiger partial charge on any atom is -0.396 e. The average Bonchev–Trinajstić information content (AvgIpc) is 3.90. The van der Waals surface area contributed by atoms with E-state index in [0.717, 1.165) is 64.1 Å². The number of benzene rings is 6. The lowest BCUT2D eigenvalue weighted by Gasteiger charge is -2.45. The number of hydroxylamine groups is 4. The number of aliphatic hydroxyl groups is 1. The minimum absolute atomic E-state index is 0.0202. The third-order valence-electron chi connectivity index (χ3n) is 13.5. The van der Waals surface area contributed by atoms with Crippen LogP contribution in [0.4, 0.5) is 0 Å². The van der Waals surface area contributed by atoms with Crippen molar-refractivity contribution in [2.45, 2.75) is 89.1 Å². The van der Waals surface area contributed by atoms with Crippen molar-refractivity contribution in [3.63, 3.8) is 0 Å². The van der Waals surface area contributed by atoms with E-state index in [2.05, 4.69) is 48.5 Å². The SMILES string of the molecule is CC(CO)(COC1(c2ccc(CCC(=O)ON3C(=O)CCC3=O)cc2)c2ccccc2Sc2ccccc21)COC1(c2ccc(CCC(=O)ON3C(=O)CCC3=O)cc2)c2ccccc2Sc2ccccc21. The molecule has 1 N–H and O–H groups in total. The number of rotatable bonds is 17. The van der Waals surface area contributed by atoms with Gasteiger partial charge in [0.05, 0.1) is 32.7 Å². The first-order valence-electron chi connectivity index (χ1n) is 23.9. The van der Waals surface area contributed by atoms with Crippen molar-refractivity contribution >= 4 is 59.1 Å². The van der Waals surface area contributed by atoms with Crippen molar-refractivity contribution in [3.05, 3.63) is 190 Å². The summed E-state index contributed by atoms with van der Waals surface area (Å²) in [5.74, 6) is -3.45. The first-order chi connectivity index (χ1) is 34.9. The largest absolute Gasteiger partial charge is 0.396 e. The van der Waals surface area contributed by atoms with Gasteiger partial charge in [0.25, 0.3) is 23.6 Å². The number of ether oxygens (including phenoxy) is 2. The number of imide groups is 2. The Morgan fingerprint density at radius 3 is 1.11 bits per heavy atom. The zero-order chi connectivity index (χ0) is 50.0. The first-order valence-corrected chi connectivity index (χ1v) is 25.5.